The monoisotopic (exact) mass is 393 g/mol. The normalized spacial score (nSPS) is 11.1. The lowest BCUT2D eigenvalue weighted by atomic mass is 10.0. The van der Waals surface area contributed by atoms with Crippen LogP contribution < -0.4 is 4.74 Å². The van der Waals surface area contributed by atoms with Gasteiger partial charge in [-0.1, -0.05) is 6.07 Å². The lowest BCUT2D eigenvalue weighted by molar-refractivity contribution is -0.124. The first kappa shape index (κ1) is 21.9. The van der Waals surface area contributed by atoms with Crippen LogP contribution in [0, 0.1) is 6.92 Å². The summed E-state index contributed by atoms with van der Waals surface area (Å²) < 4.78 is 6.08. The molecule has 0 aliphatic heterocycles. The molecule has 6 heteroatoms. The van der Waals surface area contributed by atoms with Gasteiger partial charge in [0.1, 0.15) is 12.4 Å². The summed E-state index contributed by atoms with van der Waals surface area (Å²) in [5.74, 6) is 0.344. The predicted octanol–water partition coefficient (Wildman–Crippen LogP) is 3.17. The summed E-state index contributed by atoms with van der Waals surface area (Å²) in [5, 5.41) is 0. The molecule has 0 aliphatic rings. The second-order valence-corrected chi connectivity index (χ2v) is 7.01. The fourth-order valence-corrected chi connectivity index (χ4v) is 2.49. The van der Waals surface area contributed by atoms with Crippen molar-refractivity contribution >= 4 is 24.0 Å². The van der Waals surface area contributed by atoms with Crippen LogP contribution in [0.25, 0.3) is 12.2 Å². The molecule has 0 saturated heterocycles. The number of rotatable bonds is 7. The van der Waals surface area contributed by atoms with Gasteiger partial charge in [-0.25, -0.2) is 0 Å². The van der Waals surface area contributed by atoms with Gasteiger partial charge in [-0.05, 0) is 48.9 Å². The maximum absolute atomic E-state index is 12.0. The van der Waals surface area contributed by atoms with E-state index in [9.17, 15) is 9.59 Å². The number of nitrogens with zero attached hydrogens (tertiary/aromatic N) is 3. The number of ether oxygens (including phenoxy) is 1. The van der Waals surface area contributed by atoms with Gasteiger partial charge in [0.05, 0.1) is 5.69 Å². The predicted molar refractivity (Wildman–Crippen MR) is 115 cm³/mol. The van der Waals surface area contributed by atoms with Crippen LogP contribution in [0.5, 0.6) is 5.75 Å². The number of likely N-dealkylation sites (N-methyl/N-ethyl adjacent to an activating group) is 2. The van der Waals surface area contributed by atoms with Gasteiger partial charge in [0.2, 0.25) is 11.8 Å². The third-order valence-corrected chi connectivity index (χ3v) is 4.07. The fourth-order valence-electron chi connectivity index (χ4n) is 2.49. The largest absolute Gasteiger partial charge is 0.486 e. The van der Waals surface area contributed by atoms with E-state index in [2.05, 4.69) is 4.98 Å². The number of aromatic nitrogens is 1. The maximum Gasteiger partial charge on any atom is 0.246 e. The van der Waals surface area contributed by atoms with Crippen LogP contribution in [0.1, 0.15) is 22.4 Å². The number of carbonyl (C=O) groups is 2. The highest BCUT2D eigenvalue weighted by Crippen LogP contribution is 2.29. The molecule has 29 heavy (non-hydrogen) atoms. The van der Waals surface area contributed by atoms with Crippen molar-refractivity contribution in [2.75, 3.05) is 28.2 Å². The molecule has 1 aromatic carbocycles. The minimum atomic E-state index is -0.123. The number of benzene rings is 1. The third kappa shape index (κ3) is 6.60. The molecule has 2 aromatic rings. The number of carbonyl (C=O) groups excluding carboxylic acids is 2. The number of hydrogen-bond acceptors (Lipinski definition) is 4. The van der Waals surface area contributed by atoms with Crippen LogP contribution in [0.2, 0.25) is 0 Å². The second-order valence-electron chi connectivity index (χ2n) is 7.01. The Balaban J connectivity index is 2.44. The Labute approximate surface area is 172 Å². The van der Waals surface area contributed by atoms with E-state index in [1.54, 1.807) is 46.5 Å². The summed E-state index contributed by atoms with van der Waals surface area (Å²) in [7, 11) is 6.79. The van der Waals surface area contributed by atoms with E-state index in [0.717, 1.165) is 22.4 Å². The Kier molecular flexibility index (Phi) is 7.71. The molecular weight excluding hydrogens is 366 g/mol. The summed E-state index contributed by atoms with van der Waals surface area (Å²) in [6.07, 6.45) is 8.17. The molecule has 1 aromatic heterocycles. The van der Waals surface area contributed by atoms with Gasteiger partial charge >= 0.3 is 0 Å². The zero-order valence-electron chi connectivity index (χ0n) is 17.5. The molecule has 0 atom stereocenters. The topological polar surface area (TPSA) is 62.7 Å². The molecule has 0 spiro atoms. The van der Waals surface area contributed by atoms with E-state index in [-0.39, 0.29) is 18.4 Å². The van der Waals surface area contributed by atoms with Crippen LogP contribution in [-0.2, 0) is 16.2 Å². The average Bonchev–Trinajstić information content (AvgIpc) is 2.69. The SMILES string of the molecule is Cc1cc(/C=C\C(=O)N(C)C)c(OCc2ccccn2)c(/C=C/C(=O)N(C)C)c1. The molecule has 6 nitrogen and oxygen atoms in total. The summed E-state index contributed by atoms with van der Waals surface area (Å²) in [6.45, 7) is 2.23. The molecule has 0 N–H and O–H groups in total. The number of hydrogen-bond donors (Lipinski definition) is 0. The molecular formula is C23H27N3O3. The molecule has 0 fully saturated rings. The standard InChI is InChI=1S/C23H27N3O3/c1-17-14-18(9-11-21(27)25(2)3)23(29-16-20-8-6-7-13-24-20)19(15-17)10-12-22(28)26(4)5/h6-15H,16H2,1-5H3/b11-9-,12-10+. The third-order valence-electron chi connectivity index (χ3n) is 4.07. The van der Waals surface area contributed by atoms with E-state index >= 15 is 0 Å². The van der Waals surface area contributed by atoms with Crippen molar-refractivity contribution in [3.8, 4) is 5.75 Å². The van der Waals surface area contributed by atoms with Crippen molar-refractivity contribution in [3.05, 3.63) is 71.1 Å². The van der Waals surface area contributed by atoms with Crippen molar-refractivity contribution in [3.63, 3.8) is 0 Å². The van der Waals surface area contributed by atoms with Gasteiger partial charge < -0.3 is 14.5 Å². The zero-order valence-corrected chi connectivity index (χ0v) is 17.5. The summed E-state index contributed by atoms with van der Waals surface area (Å²) in [5.41, 5.74) is 3.29. The number of aryl methyl sites for hydroxylation is 1. The molecule has 2 amide bonds. The molecule has 1 heterocycles. The van der Waals surface area contributed by atoms with E-state index in [1.165, 1.54) is 22.0 Å². The van der Waals surface area contributed by atoms with Gasteiger partial charge in [-0.2, -0.15) is 0 Å². The molecule has 0 bridgehead atoms. The molecule has 0 saturated carbocycles. The van der Waals surface area contributed by atoms with Gasteiger partial charge in [-0.3, -0.25) is 14.6 Å². The van der Waals surface area contributed by atoms with Crippen LogP contribution in [-0.4, -0.2) is 54.8 Å². The highest BCUT2D eigenvalue weighted by atomic mass is 16.5. The summed E-state index contributed by atoms with van der Waals surface area (Å²) in [6, 6.07) is 9.51. The summed E-state index contributed by atoms with van der Waals surface area (Å²) >= 11 is 0. The Morgan fingerprint density at radius 1 is 0.966 bits per heavy atom. The molecule has 0 radical (unpaired) electrons. The van der Waals surface area contributed by atoms with Gasteiger partial charge in [0.25, 0.3) is 0 Å². The van der Waals surface area contributed by atoms with Crippen LogP contribution in [0.15, 0.2) is 48.7 Å². The average molecular weight is 393 g/mol. The van der Waals surface area contributed by atoms with Crippen molar-refractivity contribution in [1.29, 1.82) is 0 Å². The highest BCUT2D eigenvalue weighted by Gasteiger charge is 2.11. The number of amides is 2. The molecule has 0 unspecified atom stereocenters. The fraction of sp³-hybridized carbons (Fsp3) is 0.261. The Hall–Kier alpha value is -3.41. The Bertz CT molecular complexity index is 865. The Morgan fingerprint density at radius 2 is 1.52 bits per heavy atom. The summed E-state index contributed by atoms with van der Waals surface area (Å²) in [4.78, 5) is 31.3. The van der Waals surface area contributed by atoms with Gasteiger partial charge in [0, 0.05) is 57.7 Å². The minimum Gasteiger partial charge on any atom is -0.486 e. The van der Waals surface area contributed by atoms with Crippen molar-refractivity contribution in [1.82, 2.24) is 14.8 Å². The van der Waals surface area contributed by atoms with E-state index < -0.39 is 0 Å². The van der Waals surface area contributed by atoms with E-state index in [4.69, 9.17) is 4.74 Å². The molecule has 152 valence electrons. The molecule has 0 aliphatic carbocycles. The van der Waals surface area contributed by atoms with Crippen LogP contribution in [0.3, 0.4) is 0 Å². The second kappa shape index (κ2) is 10.2. The smallest absolute Gasteiger partial charge is 0.246 e. The first-order chi connectivity index (χ1) is 13.8. The minimum absolute atomic E-state index is 0.123. The lowest BCUT2D eigenvalue weighted by Crippen LogP contribution is -2.18. The highest BCUT2D eigenvalue weighted by molar-refractivity contribution is 5.93. The lowest BCUT2D eigenvalue weighted by Gasteiger charge is -2.14. The van der Waals surface area contributed by atoms with Gasteiger partial charge in [0.15, 0.2) is 0 Å². The number of pyridine rings is 1. The van der Waals surface area contributed by atoms with Crippen molar-refractivity contribution < 1.29 is 14.3 Å². The van der Waals surface area contributed by atoms with Crippen molar-refractivity contribution in [2.45, 2.75) is 13.5 Å². The van der Waals surface area contributed by atoms with Gasteiger partial charge in [-0.15, -0.1) is 0 Å². The first-order valence-electron chi connectivity index (χ1n) is 9.24. The quantitative estimate of drug-likeness (QED) is 0.678. The first-order valence-corrected chi connectivity index (χ1v) is 9.24. The van der Waals surface area contributed by atoms with E-state index in [1.807, 2.05) is 37.3 Å². The zero-order chi connectivity index (χ0) is 21.4. The van der Waals surface area contributed by atoms with Crippen molar-refractivity contribution in [2.24, 2.45) is 0 Å². The Morgan fingerprint density at radius 3 is 1.97 bits per heavy atom. The van der Waals surface area contributed by atoms with Crippen LogP contribution in [0.4, 0.5) is 0 Å². The van der Waals surface area contributed by atoms with E-state index in [0.29, 0.717) is 5.75 Å². The van der Waals surface area contributed by atoms with Crippen LogP contribution >= 0.6 is 0 Å². The molecule has 2 rings (SSSR count). The maximum atomic E-state index is 12.0.